The van der Waals surface area contributed by atoms with Crippen LogP contribution in [0.3, 0.4) is 0 Å². The summed E-state index contributed by atoms with van der Waals surface area (Å²) in [5, 5.41) is 0. The highest BCUT2D eigenvalue weighted by Gasteiger charge is 2.26. The summed E-state index contributed by atoms with van der Waals surface area (Å²) in [6.07, 6.45) is 4.54. The molecule has 132 valence electrons. The van der Waals surface area contributed by atoms with E-state index >= 15 is 0 Å². The fourth-order valence-electron chi connectivity index (χ4n) is 2.77. The molecule has 0 bridgehead atoms. The summed E-state index contributed by atoms with van der Waals surface area (Å²) >= 11 is 0. The molecule has 0 unspecified atom stereocenters. The van der Waals surface area contributed by atoms with Crippen LogP contribution in [0.1, 0.15) is 23.2 Å². The van der Waals surface area contributed by atoms with E-state index in [1.807, 2.05) is 6.07 Å². The average molecular weight is 352 g/mol. The largest absolute Gasteiger partial charge is 0.489 e. The average Bonchev–Trinajstić information content (AvgIpc) is 2.57. The smallest absolute Gasteiger partial charge is 0.257 e. The Morgan fingerprint density at radius 1 is 1.46 bits per heavy atom. The van der Waals surface area contributed by atoms with Crippen molar-refractivity contribution in [3.63, 3.8) is 0 Å². The van der Waals surface area contributed by atoms with Crippen molar-refractivity contribution in [2.75, 3.05) is 32.5 Å². The third-order valence-electron chi connectivity index (χ3n) is 3.91. The molecule has 1 atom stereocenters. The van der Waals surface area contributed by atoms with Crippen LogP contribution in [0.5, 0.6) is 5.75 Å². The van der Waals surface area contributed by atoms with Crippen molar-refractivity contribution < 1.29 is 17.9 Å². The number of sulfonamides is 1. The van der Waals surface area contributed by atoms with Crippen LogP contribution in [-0.2, 0) is 10.0 Å². The van der Waals surface area contributed by atoms with Gasteiger partial charge in [-0.25, -0.2) is 13.1 Å². The molecule has 1 N–H and O–H groups in total. The predicted octanol–water partition coefficient (Wildman–Crippen LogP) is 1.65. The molecule has 1 aromatic rings. The van der Waals surface area contributed by atoms with Gasteiger partial charge in [0.1, 0.15) is 12.4 Å². The van der Waals surface area contributed by atoms with Crippen molar-refractivity contribution in [2.24, 2.45) is 5.92 Å². The molecule has 7 heteroatoms. The number of nitrogens with zero attached hydrogens (tertiary/aromatic N) is 1. The maximum absolute atomic E-state index is 12.8. The van der Waals surface area contributed by atoms with Crippen LogP contribution < -0.4 is 9.46 Å². The number of carbonyl (C=O) groups is 1. The number of nitrogens with one attached hydrogen (secondary N) is 1. The Bertz CT molecular complexity index is 688. The fraction of sp³-hybridized carbons (Fsp3) is 0.471. The monoisotopic (exact) mass is 352 g/mol. The van der Waals surface area contributed by atoms with E-state index in [1.54, 1.807) is 29.2 Å². The number of amides is 1. The molecule has 1 aromatic carbocycles. The van der Waals surface area contributed by atoms with Gasteiger partial charge in [0.15, 0.2) is 0 Å². The standard InChI is InChI=1S/C17H24N2O4S/c1-3-11-23-16-9-5-4-8-15(16)17(20)19-10-6-7-14(13-19)12-18-24(2,21)22/h3-5,8-9,14,18H,1,6-7,10-13H2,2H3/t14-/m1/s1. The van der Waals surface area contributed by atoms with Gasteiger partial charge in [0.2, 0.25) is 10.0 Å². The number of hydrogen-bond acceptors (Lipinski definition) is 4. The highest BCUT2D eigenvalue weighted by molar-refractivity contribution is 7.88. The lowest BCUT2D eigenvalue weighted by molar-refractivity contribution is 0.0672. The van der Waals surface area contributed by atoms with Crippen LogP contribution in [0.15, 0.2) is 36.9 Å². The summed E-state index contributed by atoms with van der Waals surface area (Å²) in [6, 6.07) is 7.15. The minimum Gasteiger partial charge on any atom is -0.489 e. The molecule has 1 heterocycles. The first-order valence-electron chi connectivity index (χ1n) is 7.97. The van der Waals surface area contributed by atoms with Gasteiger partial charge in [0.25, 0.3) is 5.91 Å². The molecular weight excluding hydrogens is 328 g/mol. The zero-order valence-corrected chi connectivity index (χ0v) is 14.7. The van der Waals surface area contributed by atoms with Crippen molar-refractivity contribution >= 4 is 15.9 Å². The first-order valence-corrected chi connectivity index (χ1v) is 9.86. The van der Waals surface area contributed by atoms with Crippen LogP contribution >= 0.6 is 0 Å². The van der Waals surface area contributed by atoms with Gasteiger partial charge in [-0.3, -0.25) is 4.79 Å². The van der Waals surface area contributed by atoms with E-state index in [0.717, 1.165) is 19.1 Å². The van der Waals surface area contributed by atoms with Crippen LogP contribution in [-0.4, -0.2) is 51.7 Å². The highest BCUT2D eigenvalue weighted by atomic mass is 32.2. The van der Waals surface area contributed by atoms with Gasteiger partial charge < -0.3 is 9.64 Å². The minimum absolute atomic E-state index is 0.0845. The summed E-state index contributed by atoms with van der Waals surface area (Å²) in [7, 11) is -3.21. The third kappa shape index (κ3) is 5.35. The number of benzene rings is 1. The van der Waals surface area contributed by atoms with Crippen LogP contribution in [0.25, 0.3) is 0 Å². The van der Waals surface area contributed by atoms with Gasteiger partial charge in [-0.2, -0.15) is 0 Å². The summed E-state index contributed by atoms with van der Waals surface area (Å²) in [6.45, 7) is 5.52. The molecule has 24 heavy (non-hydrogen) atoms. The molecule has 1 saturated heterocycles. The van der Waals surface area contributed by atoms with Gasteiger partial charge in [0, 0.05) is 19.6 Å². The van der Waals surface area contributed by atoms with Gasteiger partial charge in [-0.05, 0) is 30.9 Å². The van der Waals surface area contributed by atoms with E-state index in [1.165, 1.54) is 0 Å². The first kappa shape index (κ1) is 18.5. The summed E-state index contributed by atoms with van der Waals surface area (Å²) in [5.74, 6) is 0.580. The van der Waals surface area contributed by atoms with E-state index in [9.17, 15) is 13.2 Å². The molecule has 6 nitrogen and oxygen atoms in total. The van der Waals surface area contributed by atoms with Crippen molar-refractivity contribution in [3.05, 3.63) is 42.5 Å². The molecule has 1 aliphatic rings. The predicted molar refractivity (Wildman–Crippen MR) is 93.6 cm³/mol. The second-order valence-corrected chi connectivity index (χ2v) is 7.81. The molecule has 1 fully saturated rings. The van der Waals surface area contributed by atoms with Crippen molar-refractivity contribution in [2.45, 2.75) is 12.8 Å². The second-order valence-electron chi connectivity index (χ2n) is 5.98. The Labute approximate surface area is 143 Å². The van der Waals surface area contributed by atoms with Gasteiger partial charge in [0.05, 0.1) is 11.8 Å². The highest BCUT2D eigenvalue weighted by Crippen LogP contribution is 2.23. The molecular formula is C17H24N2O4S. The fourth-order valence-corrected chi connectivity index (χ4v) is 3.31. The van der Waals surface area contributed by atoms with Crippen LogP contribution in [0.4, 0.5) is 0 Å². The first-order chi connectivity index (χ1) is 11.4. The third-order valence-corrected chi connectivity index (χ3v) is 4.61. The quantitative estimate of drug-likeness (QED) is 0.757. The Morgan fingerprint density at radius 2 is 2.21 bits per heavy atom. The zero-order chi connectivity index (χ0) is 17.6. The van der Waals surface area contributed by atoms with Crippen molar-refractivity contribution in [1.82, 2.24) is 9.62 Å². The number of para-hydroxylation sites is 1. The Morgan fingerprint density at radius 3 is 2.92 bits per heavy atom. The number of rotatable bonds is 7. The maximum atomic E-state index is 12.8. The minimum atomic E-state index is -3.21. The lowest BCUT2D eigenvalue weighted by Crippen LogP contribution is -2.43. The molecule has 1 aliphatic heterocycles. The molecule has 2 rings (SSSR count). The van der Waals surface area contributed by atoms with E-state index in [2.05, 4.69) is 11.3 Å². The zero-order valence-electron chi connectivity index (χ0n) is 13.9. The van der Waals surface area contributed by atoms with E-state index in [4.69, 9.17) is 4.74 Å². The number of piperidine rings is 1. The Kier molecular flexibility index (Phi) is 6.39. The van der Waals surface area contributed by atoms with E-state index < -0.39 is 10.0 Å². The van der Waals surface area contributed by atoms with E-state index in [0.29, 0.717) is 37.6 Å². The Hall–Kier alpha value is -1.86. The lowest BCUT2D eigenvalue weighted by atomic mass is 9.97. The van der Waals surface area contributed by atoms with E-state index in [-0.39, 0.29) is 11.8 Å². The molecule has 0 aromatic heterocycles. The molecule has 0 saturated carbocycles. The van der Waals surface area contributed by atoms with Crippen molar-refractivity contribution in [3.8, 4) is 5.75 Å². The van der Waals surface area contributed by atoms with Crippen LogP contribution in [0.2, 0.25) is 0 Å². The molecule has 0 aliphatic carbocycles. The SMILES string of the molecule is C=CCOc1ccccc1C(=O)N1CCC[C@H](CNS(C)(=O)=O)C1. The topological polar surface area (TPSA) is 75.7 Å². The summed E-state index contributed by atoms with van der Waals surface area (Å²) in [4.78, 5) is 14.6. The van der Waals surface area contributed by atoms with Gasteiger partial charge in [-0.1, -0.05) is 24.8 Å². The summed E-state index contributed by atoms with van der Waals surface area (Å²) < 4.78 is 30.6. The number of carbonyl (C=O) groups excluding carboxylic acids is 1. The van der Waals surface area contributed by atoms with Crippen LogP contribution in [0, 0.1) is 5.92 Å². The maximum Gasteiger partial charge on any atom is 0.257 e. The number of likely N-dealkylation sites (tertiary alicyclic amines) is 1. The number of ether oxygens (including phenoxy) is 1. The Balaban J connectivity index is 2.05. The van der Waals surface area contributed by atoms with Crippen molar-refractivity contribution in [1.29, 1.82) is 0 Å². The summed E-state index contributed by atoms with van der Waals surface area (Å²) in [5.41, 5.74) is 0.524. The number of hydrogen-bond donors (Lipinski definition) is 1. The van der Waals surface area contributed by atoms with Gasteiger partial charge >= 0.3 is 0 Å². The lowest BCUT2D eigenvalue weighted by Gasteiger charge is -2.33. The molecule has 1 amide bonds. The molecule has 0 spiro atoms. The second kappa shape index (κ2) is 8.30. The van der Waals surface area contributed by atoms with Gasteiger partial charge in [-0.15, -0.1) is 0 Å². The normalized spacial score (nSPS) is 18.2. The molecule has 0 radical (unpaired) electrons.